The van der Waals surface area contributed by atoms with Gasteiger partial charge in [0.15, 0.2) is 0 Å². The number of nitrogens with one attached hydrogen (secondary N) is 1. The van der Waals surface area contributed by atoms with Crippen molar-refractivity contribution >= 4 is 16.7 Å². The maximum absolute atomic E-state index is 11.4. The molecule has 0 aromatic rings. The van der Waals surface area contributed by atoms with Crippen LogP contribution in [0.4, 0.5) is 0 Å². The van der Waals surface area contributed by atoms with Crippen molar-refractivity contribution in [1.29, 1.82) is 0 Å². The fourth-order valence-corrected chi connectivity index (χ4v) is 1.92. The second-order valence-electron chi connectivity index (χ2n) is 4.37. The van der Waals surface area contributed by atoms with E-state index in [-0.39, 0.29) is 18.4 Å². The Balaban J connectivity index is 3.89. The molecule has 0 saturated heterocycles. The van der Waals surface area contributed by atoms with Crippen LogP contribution in [0.25, 0.3) is 0 Å². The highest BCUT2D eigenvalue weighted by molar-refractivity contribution is 7.84. The van der Waals surface area contributed by atoms with E-state index in [0.717, 1.165) is 0 Å². The summed E-state index contributed by atoms with van der Waals surface area (Å²) in [4.78, 5) is 11.4. The van der Waals surface area contributed by atoms with Crippen LogP contribution < -0.4 is 11.1 Å². The van der Waals surface area contributed by atoms with Crippen LogP contribution >= 0.6 is 0 Å². The first-order valence-corrected chi connectivity index (χ1v) is 6.31. The van der Waals surface area contributed by atoms with Gasteiger partial charge in [0.05, 0.1) is 0 Å². The third-order valence-corrected chi connectivity index (χ3v) is 2.48. The number of rotatable bonds is 5. The molecule has 0 aromatic heterocycles. The van der Waals surface area contributed by atoms with E-state index in [1.54, 1.807) is 20.1 Å². The van der Waals surface area contributed by atoms with E-state index in [1.165, 1.54) is 0 Å². The van der Waals surface area contributed by atoms with E-state index in [0.29, 0.717) is 5.75 Å². The molecule has 0 spiro atoms. The Morgan fingerprint density at radius 3 is 2.43 bits per heavy atom. The van der Waals surface area contributed by atoms with Crippen LogP contribution in [0.15, 0.2) is 0 Å². The Kier molecular flexibility index (Phi) is 5.29. The van der Waals surface area contributed by atoms with Gasteiger partial charge in [-0.2, -0.15) is 0 Å². The van der Waals surface area contributed by atoms with Crippen LogP contribution in [-0.2, 0) is 15.6 Å². The smallest absolute Gasteiger partial charge is 0.222 e. The highest BCUT2D eigenvalue weighted by Gasteiger charge is 2.17. The second-order valence-corrected chi connectivity index (χ2v) is 5.85. The zero-order valence-electron chi connectivity index (χ0n) is 9.29. The van der Waals surface area contributed by atoms with Crippen molar-refractivity contribution in [3.8, 4) is 0 Å². The average molecular weight is 220 g/mol. The summed E-state index contributed by atoms with van der Waals surface area (Å²) >= 11 is 0. The molecule has 3 N–H and O–H groups in total. The molecule has 84 valence electrons. The van der Waals surface area contributed by atoms with Crippen molar-refractivity contribution in [2.45, 2.75) is 38.8 Å². The van der Waals surface area contributed by atoms with E-state index in [4.69, 9.17) is 5.73 Å². The number of carbonyl (C=O) groups excluding carboxylic acids is 1. The molecule has 0 fully saturated rings. The van der Waals surface area contributed by atoms with E-state index in [2.05, 4.69) is 5.32 Å². The number of hydrogen-bond acceptors (Lipinski definition) is 3. The quantitative estimate of drug-likeness (QED) is 0.685. The maximum atomic E-state index is 11.4. The van der Waals surface area contributed by atoms with E-state index in [1.807, 2.05) is 6.92 Å². The molecule has 14 heavy (non-hydrogen) atoms. The van der Waals surface area contributed by atoms with E-state index in [9.17, 15) is 9.00 Å². The first-order valence-electron chi connectivity index (χ1n) is 4.59. The third-order valence-electron chi connectivity index (χ3n) is 1.51. The number of carbonyl (C=O) groups is 1. The zero-order chi connectivity index (χ0) is 11.4. The molecular weight excluding hydrogens is 200 g/mol. The molecule has 2 atom stereocenters. The Bertz CT molecular complexity index is 223. The Hall–Kier alpha value is -0.420. The van der Waals surface area contributed by atoms with Gasteiger partial charge in [0, 0.05) is 40.8 Å². The molecule has 1 amide bonds. The van der Waals surface area contributed by atoms with Gasteiger partial charge in [0.1, 0.15) is 0 Å². The summed E-state index contributed by atoms with van der Waals surface area (Å²) in [5, 5.41) is 2.76. The minimum Gasteiger partial charge on any atom is -0.353 e. The van der Waals surface area contributed by atoms with E-state index >= 15 is 0 Å². The van der Waals surface area contributed by atoms with Gasteiger partial charge >= 0.3 is 0 Å². The van der Waals surface area contributed by atoms with Crippen LogP contribution in [0.2, 0.25) is 0 Å². The fourth-order valence-electron chi connectivity index (χ4n) is 1.13. The Morgan fingerprint density at radius 2 is 2.07 bits per heavy atom. The summed E-state index contributed by atoms with van der Waals surface area (Å²) < 4.78 is 10.9. The lowest BCUT2D eigenvalue weighted by molar-refractivity contribution is -0.122. The summed E-state index contributed by atoms with van der Waals surface area (Å²) in [7, 11) is -0.881. The normalized spacial score (nSPS) is 16.1. The number of amides is 1. The predicted molar refractivity (Wildman–Crippen MR) is 59.4 cm³/mol. The minimum absolute atomic E-state index is 0.0596. The van der Waals surface area contributed by atoms with Crippen molar-refractivity contribution in [3.05, 3.63) is 0 Å². The second kappa shape index (κ2) is 5.46. The highest BCUT2D eigenvalue weighted by atomic mass is 32.2. The maximum Gasteiger partial charge on any atom is 0.222 e. The van der Waals surface area contributed by atoms with Crippen molar-refractivity contribution in [3.63, 3.8) is 0 Å². The molecule has 0 aromatic carbocycles. The molecule has 5 heteroatoms. The molecular formula is C9H20N2O2S. The predicted octanol–water partition coefficient (Wildman–Crippen LogP) is -0.00300. The van der Waals surface area contributed by atoms with Crippen LogP contribution in [0, 0.1) is 0 Å². The lowest BCUT2D eigenvalue weighted by atomic mass is 10.0. The van der Waals surface area contributed by atoms with Crippen LogP contribution in [-0.4, -0.2) is 33.7 Å². The van der Waals surface area contributed by atoms with Gasteiger partial charge in [-0.3, -0.25) is 9.00 Å². The van der Waals surface area contributed by atoms with Crippen LogP contribution in [0.1, 0.15) is 27.2 Å². The topological polar surface area (TPSA) is 72.2 Å². The van der Waals surface area contributed by atoms with E-state index < -0.39 is 16.3 Å². The lowest BCUT2D eigenvalue weighted by Crippen LogP contribution is -2.43. The van der Waals surface area contributed by atoms with Gasteiger partial charge in [0.2, 0.25) is 5.91 Å². The molecule has 0 aliphatic heterocycles. The van der Waals surface area contributed by atoms with Gasteiger partial charge < -0.3 is 11.1 Å². The molecule has 0 heterocycles. The first-order chi connectivity index (χ1) is 6.20. The summed E-state index contributed by atoms with van der Waals surface area (Å²) in [5.41, 5.74) is 5.20. The van der Waals surface area contributed by atoms with Crippen molar-refractivity contribution < 1.29 is 9.00 Å². The fraction of sp³-hybridized carbons (Fsp3) is 0.889. The molecule has 0 radical (unpaired) electrons. The third kappa shape index (κ3) is 8.19. The Morgan fingerprint density at radius 1 is 1.57 bits per heavy atom. The first kappa shape index (κ1) is 13.6. The number of hydrogen-bond donors (Lipinski definition) is 2. The summed E-state index contributed by atoms with van der Waals surface area (Å²) in [6.45, 7) is 5.44. The molecule has 0 saturated carbocycles. The van der Waals surface area contributed by atoms with Gasteiger partial charge in [-0.05, 0) is 20.8 Å². The standard InChI is InChI=1S/C9H20N2O2S/c1-7(6-14(4)13)11-8(12)5-9(2,3)10/h7H,5-6,10H2,1-4H3,(H,11,12). The SMILES string of the molecule is CC(CS(C)=O)NC(=O)CC(C)(C)N. The van der Waals surface area contributed by atoms with Gasteiger partial charge in [-0.15, -0.1) is 0 Å². The molecule has 0 aliphatic rings. The molecule has 0 aliphatic carbocycles. The van der Waals surface area contributed by atoms with Crippen molar-refractivity contribution in [2.24, 2.45) is 5.73 Å². The Labute approximate surface area is 88.1 Å². The minimum atomic E-state index is -0.881. The lowest BCUT2D eigenvalue weighted by Gasteiger charge is -2.19. The number of nitrogens with two attached hydrogens (primary N) is 1. The van der Waals surface area contributed by atoms with Crippen LogP contribution in [0.5, 0.6) is 0 Å². The molecule has 4 nitrogen and oxygen atoms in total. The molecule has 2 unspecified atom stereocenters. The highest BCUT2D eigenvalue weighted by Crippen LogP contribution is 2.03. The zero-order valence-corrected chi connectivity index (χ0v) is 10.1. The average Bonchev–Trinajstić information content (AvgIpc) is 1.77. The molecule has 0 rings (SSSR count). The monoisotopic (exact) mass is 220 g/mol. The van der Waals surface area contributed by atoms with Crippen LogP contribution in [0.3, 0.4) is 0 Å². The largest absolute Gasteiger partial charge is 0.353 e. The van der Waals surface area contributed by atoms with Crippen molar-refractivity contribution in [1.82, 2.24) is 5.32 Å². The summed E-state index contributed by atoms with van der Waals surface area (Å²) in [6.07, 6.45) is 1.91. The molecule has 0 bridgehead atoms. The summed E-state index contributed by atoms with van der Waals surface area (Å²) in [5.74, 6) is 0.395. The van der Waals surface area contributed by atoms with Gasteiger partial charge in [0.25, 0.3) is 0 Å². The summed E-state index contributed by atoms with van der Waals surface area (Å²) in [6, 6.07) is -0.0596. The van der Waals surface area contributed by atoms with Crippen molar-refractivity contribution in [2.75, 3.05) is 12.0 Å². The van der Waals surface area contributed by atoms with Gasteiger partial charge in [-0.25, -0.2) is 0 Å². The van der Waals surface area contributed by atoms with Gasteiger partial charge in [-0.1, -0.05) is 0 Å².